The second-order valence-electron chi connectivity index (χ2n) is 13.7. The summed E-state index contributed by atoms with van der Waals surface area (Å²) in [6.07, 6.45) is 13.7. The van der Waals surface area contributed by atoms with Crippen molar-refractivity contribution in [3.05, 3.63) is 181 Å². The average Bonchev–Trinajstić information content (AvgIpc) is 3.74. The van der Waals surface area contributed by atoms with Crippen LogP contribution in [0.25, 0.3) is 77.4 Å². The molecule has 0 spiro atoms. The van der Waals surface area contributed by atoms with Crippen LogP contribution in [0.2, 0.25) is 0 Å². The van der Waals surface area contributed by atoms with E-state index < -0.39 is 0 Å². The van der Waals surface area contributed by atoms with Crippen molar-refractivity contribution in [2.75, 3.05) is 6.54 Å². The molecule has 2 atom stereocenters. The summed E-state index contributed by atoms with van der Waals surface area (Å²) < 4.78 is 8.84. The van der Waals surface area contributed by atoms with Crippen molar-refractivity contribution in [2.24, 2.45) is 0 Å². The Morgan fingerprint density at radius 3 is 1.86 bits per heavy atom. The van der Waals surface area contributed by atoms with Crippen molar-refractivity contribution in [3.8, 4) is 22.3 Å². The number of rotatable bonds is 3. The number of fused-ring (bicyclic) bond motifs is 12. The van der Waals surface area contributed by atoms with Crippen LogP contribution in [-0.2, 0) is 0 Å². The van der Waals surface area contributed by atoms with Crippen LogP contribution < -0.4 is 5.32 Å². The zero-order chi connectivity index (χ0) is 32.8. The van der Waals surface area contributed by atoms with Gasteiger partial charge in [0.15, 0.2) is 0 Å². The summed E-state index contributed by atoms with van der Waals surface area (Å²) in [5.41, 5.74) is 15.7. The number of aromatic nitrogens is 1. The van der Waals surface area contributed by atoms with Crippen LogP contribution in [0.1, 0.15) is 28.5 Å². The van der Waals surface area contributed by atoms with Crippen molar-refractivity contribution >= 4 is 55.1 Å². The Kier molecular flexibility index (Phi) is 5.85. The third kappa shape index (κ3) is 3.98. The van der Waals surface area contributed by atoms with Crippen molar-refractivity contribution in [2.45, 2.75) is 11.8 Å². The van der Waals surface area contributed by atoms with Gasteiger partial charge in [-0.1, -0.05) is 121 Å². The molecule has 3 heteroatoms. The molecule has 11 rings (SSSR count). The number of allylic oxidation sites excluding steroid dienone is 6. The smallest absolute Gasteiger partial charge is 0.143 e. The van der Waals surface area contributed by atoms with E-state index in [1.807, 2.05) is 6.07 Å². The molecule has 0 radical (unpaired) electrons. The predicted octanol–water partition coefficient (Wildman–Crippen LogP) is 11.8. The van der Waals surface area contributed by atoms with Crippen molar-refractivity contribution in [3.63, 3.8) is 0 Å². The number of hydrogen-bond donors (Lipinski definition) is 1. The molecule has 50 heavy (non-hydrogen) atoms. The van der Waals surface area contributed by atoms with Crippen LogP contribution in [0, 0.1) is 0 Å². The van der Waals surface area contributed by atoms with Crippen molar-refractivity contribution in [1.29, 1.82) is 0 Å². The van der Waals surface area contributed by atoms with Gasteiger partial charge < -0.3 is 14.3 Å². The van der Waals surface area contributed by atoms with Gasteiger partial charge in [-0.2, -0.15) is 0 Å². The van der Waals surface area contributed by atoms with Gasteiger partial charge in [0.05, 0.1) is 17.6 Å². The summed E-state index contributed by atoms with van der Waals surface area (Å²) in [5.74, 6) is 0.537. The first-order valence-electron chi connectivity index (χ1n) is 17.5. The second-order valence-corrected chi connectivity index (χ2v) is 13.7. The fourth-order valence-electron chi connectivity index (χ4n) is 8.75. The third-order valence-electron chi connectivity index (χ3n) is 11.0. The highest BCUT2D eigenvalue weighted by Gasteiger charge is 2.33. The largest absolute Gasteiger partial charge is 0.455 e. The quantitative estimate of drug-likeness (QED) is 0.208. The van der Waals surface area contributed by atoms with E-state index in [2.05, 4.69) is 168 Å². The first kappa shape index (κ1) is 27.6. The van der Waals surface area contributed by atoms with E-state index in [4.69, 9.17) is 4.42 Å². The standard InChI is InChI=1S/C47H32N2O/c1-2-11-34-33(10-1)41-26-29(32-15-9-16-40-39-14-5-8-19-46(39)50-47(32)40)20-23-35(41)36-24-21-30(27-42(34)36)43-25-22-31(28-48-43)49-44-17-6-3-12-37(44)38-13-4-7-18-45(38)49/h1-27,33-34,48H,28H2. The summed E-state index contributed by atoms with van der Waals surface area (Å²) in [4.78, 5) is 0. The van der Waals surface area contributed by atoms with Crippen LogP contribution in [0.15, 0.2) is 168 Å². The van der Waals surface area contributed by atoms with Crippen LogP contribution in [0.5, 0.6) is 0 Å². The van der Waals surface area contributed by atoms with E-state index >= 15 is 0 Å². The Hall–Kier alpha value is -6.32. The van der Waals surface area contributed by atoms with Crippen LogP contribution >= 0.6 is 0 Å². The summed E-state index contributed by atoms with van der Waals surface area (Å²) in [6.45, 7) is 0.754. The predicted molar refractivity (Wildman–Crippen MR) is 208 cm³/mol. The van der Waals surface area contributed by atoms with Gasteiger partial charge in [0.25, 0.3) is 0 Å². The Morgan fingerprint density at radius 2 is 1.16 bits per heavy atom. The summed E-state index contributed by atoms with van der Waals surface area (Å²) in [6, 6.07) is 46.3. The molecule has 0 saturated carbocycles. The van der Waals surface area contributed by atoms with Gasteiger partial charge in [-0.05, 0) is 75.9 Å². The molecule has 2 aromatic heterocycles. The summed E-state index contributed by atoms with van der Waals surface area (Å²) in [7, 11) is 0. The molecule has 2 unspecified atom stereocenters. The maximum atomic E-state index is 6.44. The molecule has 236 valence electrons. The molecule has 0 amide bonds. The number of dihydropyridines is 1. The SMILES string of the molecule is C1=CC2c3cc(C4=CC=C(n5c6ccccc6c6ccccc65)CN4)ccc3-c3ccc(-c4cccc5c4oc4ccccc45)cc3C2C=C1. The minimum atomic E-state index is 0.266. The Balaban J connectivity index is 0.996. The Bertz CT molecular complexity index is 2780. The normalized spacial score (nSPS) is 17.8. The first-order chi connectivity index (χ1) is 24.8. The highest BCUT2D eigenvalue weighted by molar-refractivity contribution is 6.11. The fourth-order valence-corrected chi connectivity index (χ4v) is 8.75. The second kappa shape index (κ2) is 10.6. The topological polar surface area (TPSA) is 30.1 Å². The summed E-state index contributed by atoms with van der Waals surface area (Å²) >= 11 is 0. The molecule has 6 aromatic carbocycles. The molecule has 1 N–H and O–H groups in total. The van der Waals surface area contributed by atoms with Crippen LogP contribution in [0.4, 0.5) is 0 Å². The van der Waals surface area contributed by atoms with Gasteiger partial charge in [0.1, 0.15) is 11.2 Å². The molecule has 1 aliphatic heterocycles. The van der Waals surface area contributed by atoms with Gasteiger partial charge >= 0.3 is 0 Å². The highest BCUT2D eigenvalue weighted by Crippen LogP contribution is 2.51. The van der Waals surface area contributed by atoms with Gasteiger partial charge in [-0.15, -0.1) is 0 Å². The average molecular weight is 641 g/mol. The monoisotopic (exact) mass is 640 g/mol. The maximum absolute atomic E-state index is 6.44. The minimum Gasteiger partial charge on any atom is -0.455 e. The lowest BCUT2D eigenvalue weighted by molar-refractivity contribution is 0.670. The zero-order valence-corrected chi connectivity index (χ0v) is 27.3. The molecular weight excluding hydrogens is 609 g/mol. The van der Waals surface area contributed by atoms with Gasteiger partial charge in [-0.25, -0.2) is 0 Å². The van der Waals surface area contributed by atoms with Crippen LogP contribution in [0.3, 0.4) is 0 Å². The molecule has 3 aliphatic rings. The van der Waals surface area contributed by atoms with Gasteiger partial charge in [0.2, 0.25) is 0 Å². The zero-order valence-electron chi connectivity index (χ0n) is 27.3. The lowest BCUT2D eigenvalue weighted by Gasteiger charge is -2.34. The molecule has 8 aromatic rings. The number of nitrogens with zero attached hydrogens (tertiary/aromatic N) is 1. The molecule has 2 aliphatic carbocycles. The number of para-hydroxylation sites is 4. The number of hydrogen-bond acceptors (Lipinski definition) is 2. The molecule has 0 bridgehead atoms. The number of nitrogens with one attached hydrogen (secondary N) is 1. The van der Waals surface area contributed by atoms with E-state index in [0.717, 1.165) is 39.7 Å². The molecule has 0 fully saturated rings. The minimum absolute atomic E-state index is 0.266. The first-order valence-corrected chi connectivity index (χ1v) is 17.5. The Morgan fingerprint density at radius 1 is 0.540 bits per heavy atom. The highest BCUT2D eigenvalue weighted by atomic mass is 16.3. The lowest BCUT2D eigenvalue weighted by atomic mass is 9.69. The number of furan rings is 1. The third-order valence-corrected chi connectivity index (χ3v) is 11.0. The van der Waals surface area contributed by atoms with E-state index in [1.165, 1.54) is 60.9 Å². The van der Waals surface area contributed by atoms with Gasteiger partial charge in [-0.3, -0.25) is 0 Å². The van der Waals surface area contributed by atoms with Crippen molar-refractivity contribution in [1.82, 2.24) is 9.88 Å². The molecule has 3 nitrogen and oxygen atoms in total. The van der Waals surface area contributed by atoms with Crippen molar-refractivity contribution < 1.29 is 4.42 Å². The van der Waals surface area contributed by atoms with Gasteiger partial charge in [0, 0.05) is 50.3 Å². The Labute approximate surface area is 289 Å². The molecule has 3 heterocycles. The fraction of sp³-hybridized carbons (Fsp3) is 0.0638. The molecule has 0 saturated heterocycles. The van der Waals surface area contributed by atoms with E-state index in [9.17, 15) is 0 Å². The number of benzene rings is 6. The maximum Gasteiger partial charge on any atom is 0.143 e. The lowest BCUT2D eigenvalue weighted by Crippen LogP contribution is -2.21. The van der Waals surface area contributed by atoms with E-state index in [1.54, 1.807) is 0 Å². The van der Waals surface area contributed by atoms with E-state index in [-0.39, 0.29) is 11.8 Å². The van der Waals surface area contributed by atoms with Crippen LogP contribution in [-0.4, -0.2) is 11.1 Å². The molecular formula is C47H32N2O. The van der Waals surface area contributed by atoms with E-state index in [0.29, 0.717) is 0 Å². The summed E-state index contributed by atoms with van der Waals surface area (Å²) in [5, 5.41) is 8.68.